The van der Waals surface area contributed by atoms with Crippen molar-refractivity contribution in [3.8, 4) is 28.1 Å². The zero-order valence-corrected chi connectivity index (χ0v) is 22.4. The van der Waals surface area contributed by atoms with Gasteiger partial charge in [0.25, 0.3) is 5.91 Å². The third-order valence-corrected chi connectivity index (χ3v) is 5.95. The molecule has 2 aromatic carbocycles. The maximum atomic E-state index is 12.7. The number of benzene rings is 2. The van der Waals surface area contributed by atoms with Crippen molar-refractivity contribution in [2.75, 3.05) is 38.8 Å². The number of nitrogen functional groups attached to an aromatic ring is 1. The van der Waals surface area contributed by atoms with E-state index in [0.29, 0.717) is 40.1 Å². The first-order chi connectivity index (χ1) is 19.4. The molecule has 0 aliphatic heterocycles. The number of hydrogen-bond donors (Lipinski definition) is 3. The summed E-state index contributed by atoms with van der Waals surface area (Å²) in [6.07, 6.45) is -2.14. The van der Waals surface area contributed by atoms with Crippen LogP contribution in [0.5, 0.6) is 5.75 Å². The Bertz CT molecular complexity index is 1630. The van der Waals surface area contributed by atoms with Gasteiger partial charge < -0.3 is 26.0 Å². The number of nitrogens with two attached hydrogens (primary N) is 1. The number of fused-ring (bicyclic) bond motifs is 1. The summed E-state index contributed by atoms with van der Waals surface area (Å²) in [4.78, 5) is 30.5. The fraction of sp³-hybridized carbons (Fsp3) is 0.222. The molecule has 0 saturated carbocycles. The summed E-state index contributed by atoms with van der Waals surface area (Å²) in [5.74, 6) is -1.14. The highest BCUT2D eigenvalue weighted by atomic mass is 19.4. The number of hydrogen-bond acceptors (Lipinski definition) is 8. The topological polar surface area (TPSA) is 140 Å². The number of halogens is 3. The molecule has 4 aromatic rings. The molecule has 2 amide bonds. The number of amides is 2. The van der Waals surface area contributed by atoms with Crippen LogP contribution in [-0.4, -0.2) is 70.5 Å². The lowest BCUT2D eigenvalue weighted by molar-refractivity contribution is -0.123. The fourth-order valence-corrected chi connectivity index (χ4v) is 4.26. The number of carbonyl (C=O) groups is 2. The molecule has 0 radical (unpaired) electrons. The van der Waals surface area contributed by atoms with Crippen LogP contribution < -0.4 is 21.1 Å². The van der Waals surface area contributed by atoms with Crippen LogP contribution in [0.15, 0.2) is 55.4 Å². The van der Waals surface area contributed by atoms with E-state index in [1.165, 1.54) is 36.3 Å². The van der Waals surface area contributed by atoms with E-state index in [-0.39, 0.29) is 23.0 Å². The van der Waals surface area contributed by atoms with E-state index in [1.807, 2.05) is 30.4 Å². The monoisotopic (exact) mass is 568 g/mol. The first-order valence-corrected chi connectivity index (χ1v) is 12.2. The zero-order valence-electron chi connectivity index (χ0n) is 22.4. The molecule has 4 N–H and O–H groups in total. The first-order valence-electron chi connectivity index (χ1n) is 12.2. The van der Waals surface area contributed by atoms with Crippen LogP contribution in [0.4, 0.5) is 24.7 Å². The second-order valence-electron chi connectivity index (χ2n) is 9.22. The van der Waals surface area contributed by atoms with E-state index < -0.39 is 18.6 Å². The molecule has 0 saturated heterocycles. The lowest BCUT2D eigenvalue weighted by Crippen LogP contribution is -2.33. The molecule has 11 nitrogen and oxygen atoms in total. The number of aromatic nitrogens is 4. The van der Waals surface area contributed by atoms with Gasteiger partial charge in [-0.3, -0.25) is 9.59 Å². The summed E-state index contributed by atoms with van der Waals surface area (Å²) < 4.78 is 44.7. The van der Waals surface area contributed by atoms with E-state index in [1.54, 1.807) is 18.2 Å². The maximum absolute atomic E-state index is 12.7. The third kappa shape index (κ3) is 6.44. The molecule has 14 heteroatoms. The molecule has 41 heavy (non-hydrogen) atoms. The van der Waals surface area contributed by atoms with Gasteiger partial charge in [0.2, 0.25) is 5.91 Å². The Balaban J connectivity index is 1.90. The van der Waals surface area contributed by atoms with Gasteiger partial charge >= 0.3 is 6.18 Å². The Morgan fingerprint density at radius 2 is 1.95 bits per heavy atom. The Morgan fingerprint density at radius 3 is 2.61 bits per heavy atom. The van der Waals surface area contributed by atoms with Crippen LogP contribution in [0.1, 0.15) is 15.9 Å². The molecule has 0 atom stereocenters. The second-order valence-corrected chi connectivity index (χ2v) is 9.22. The highest BCUT2D eigenvalue weighted by Crippen LogP contribution is 2.40. The first kappa shape index (κ1) is 29.0. The molecule has 4 rings (SSSR count). The number of methoxy groups -OCH3 is 1. The van der Waals surface area contributed by atoms with E-state index in [9.17, 15) is 22.8 Å². The molecule has 2 heterocycles. The van der Waals surface area contributed by atoms with Crippen LogP contribution in [0.3, 0.4) is 0 Å². The Hall–Kier alpha value is -4.98. The SMILES string of the molecule is C=CC(=O)Nc1ccc(-c2nn3ncnc(N)c3c2-c2ccc(C(=O)NCC(F)(F)F)c(OC)c2)c(CN(C)C)c1. The van der Waals surface area contributed by atoms with Gasteiger partial charge in [-0.2, -0.15) is 13.2 Å². The molecule has 0 spiro atoms. The van der Waals surface area contributed by atoms with Crippen LogP contribution in [0.25, 0.3) is 27.9 Å². The van der Waals surface area contributed by atoms with Gasteiger partial charge in [-0.25, -0.2) is 4.98 Å². The van der Waals surface area contributed by atoms with Crippen molar-refractivity contribution in [1.29, 1.82) is 0 Å². The van der Waals surface area contributed by atoms with Crippen LogP contribution in [0.2, 0.25) is 0 Å². The standard InChI is InChI=1S/C27H27F3N8O3/c1-5-21(39)35-17-7-9-18(16(10-17)12-37(2)3)23-22(24-25(31)33-14-34-38(24)36-23)15-6-8-19(20(11-15)41-4)26(40)32-13-27(28,29)30/h5-11,14H,1,12-13H2,2-4H3,(H,32,40)(H,35,39)(H2,31,33,34). The number of nitrogens with one attached hydrogen (secondary N) is 2. The highest BCUT2D eigenvalue weighted by molar-refractivity contribution is 6.02. The number of nitrogens with zero attached hydrogens (tertiary/aromatic N) is 5. The van der Waals surface area contributed by atoms with Gasteiger partial charge in [0, 0.05) is 23.4 Å². The number of anilines is 2. The van der Waals surface area contributed by atoms with Crippen molar-refractivity contribution in [3.63, 3.8) is 0 Å². The third-order valence-electron chi connectivity index (χ3n) is 5.95. The van der Waals surface area contributed by atoms with E-state index in [2.05, 4.69) is 27.1 Å². The number of ether oxygens (including phenoxy) is 1. The van der Waals surface area contributed by atoms with Crippen LogP contribution in [0, 0.1) is 0 Å². The molecule has 2 aromatic heterocycles. The van der Waals surface area contributed by atoms with Crippen molar-refractivity contribution in [2.24, 2.45) is 0 Å². The summed E-state index contributed by atoms with van der Waals surface area (Å²) >= 11 is 0. The van der Waals surface area contributed by atoms with Gasteiger partial charge in [0.05, 0.1) is 12.7 Å². The normalized spacial score (nSPS) is 11.5. The van der Waals surface area contributed by atoms with Crippen molar-refractivity contribution in [1.82, 2.24) is 30.0 Å². The summed E-state index contributed by atoms with van der Waals surface area (Å²) in [6.45, 7) is 2.47. The molecular weight excluding hydrogens is 541 g/mol. The lowest BCUT2D eigenvalue weighted by Gasteiger charge is -2.16. The van der Waals surface area contributed by atoms with Gasteiger partial charge in [0.1, 0.15) is 29.8 Å². The maximum Gasteiger partial charge on any atom is 0.405 e. The number of carbonyl (C=O) groups excluding carboxylic acids is 2. The van der Waals surface area contributed by atoms with Gasteiger partial charge in [-0.05, 0) is 55.6 Å². The van der Waals surface area contributed by atoms with Gasteiger partial charge in [-0.15, -0.1) is 14.8 Å². The summed E-state index contributed by atoms with van der Waals surface area (Å²) in [5.41, 5.74) is 10.1. The van der Waals surface area contributed by atoms with E-state index >= 15 is 0 Å². The van der Waals surface area contributed by atoms with Crippen LogP contribution >= 0.6 is 0 Å². The predicted octanol–water partition coefficient (Wildman–Crippen LogP) is 3.53. The summed E-state index contributed by atoms with van der Waals surface area (Å²) in [7, 11) is 5.08. The van der Waals surface area contributed by atoms with Gasteiger partial charge in [-0.1, -0.05) is 18.7 Å². The summed E-state index contributed by atoms with van der Waals surface area (Å²) in [5, 5.41) is 13.5. The van der Waals surface area contributed by atoms with Crippen molar-refractivity contribution >= 4 is 28.8 Å². The summed E-state index contributed by atoms with van der Waals surface area (Å²) in [6, 6.07) is 9.76. The minimum Gasteiger partial charge on any atom is -0.496 e. The zero-order chi connectivity index (χ0) is 29.9. The molecular formula is C27H27F3N8O3. The van der Waals surface area contributed by atoms with Crippen LogP contribution in [-0.2, 0) is 11.3 Å². The minimum atomic E-state index is -4.57. The molecule has 0 bridgehead atoms. The predicted molar refractivity (Wildman–Crippen MR) is 147 cm³/mol. The smallest absolute Gasteiger partial charge is 0.405 e. The second kappa shape index (κ2) is 11.6. The Labute approximate surface area is 232 Å². The number of alkyl halides is 3. The fourth-order valence-electron chi connectivity index (χ4n) is 4.26. The Morgan fingerprint density at radius 1 is 1.20 bits per heavy atom. The molecule has 0 aliphatic rings. The quantitative estimate of drug-likeness (QED) is 0.261. The molecule has 0 fully saturated rings. The van der Waals surface area contributed by atoms with Crippen molar-refractivity contribution < 1.29 is 27.5 Å². The van der Waals surface area contributed by atoms with Crippen molar-refractivity contribution in [3.05, 3.63) is 66.5 Å². The Kier molecular flexibility index (Phi) is 8.23. The average Bonchev–Trinajstić information content (AvgIpc) is 3.31. The largest absolute Gasteiger partial charge is 0.496 e. The van der Waals surface area contributed by atoms with E-state index in [0.717, 1.165) is 5.56 Å². The van der Waals surface area contributed by atoms with Gasteiger partial charge in [0.15, 0.2) is 5.82 Å². The lowest BCUT2D eigenvalue weighted by atomic mass is 9.95. The van der Waals surface area contributed by atoms with Crippen molar-refractivity contribution in [2.45, 2.75) is 12.7 Å². The van der Waals surface area contributed by atoms with E-state index in [4.69, 9.17) is 10.5 Å². The molecule has 0 unspecified atom stereocenters. The number of rotatable bonds is 9. The average molecular weight is 569 g/mol. The molecule has 0 aliphatic carbocycles. The molecule has 214 valence electrons. The minimum absolute atomic E-state index is 0.0406. The highest BCUT2D eigenvalue weighted by Gasteiger charge is 2.29.